The van der Waals surface area contributed by atoms with E-state index in [0.29, 0.717) is 11.3 Å². The molecule has 0 unspecified atom stereocenters. The lowest BCUT2D eigenvalue weighted by atomic mass is 10.1. The minimum atomic E-state index is -0.180. The Balaban J connectivity index is 2.19. The molecule has 0 fully saturated rings. The number of carbonyl (C=O) groups is 1. The molecule has 2 rings (SSSR count). The van der Waals surface area contributed by atoms with Crippen LogP contribution in [0.15, 0.2) is 24.4 Å². The van der Waals surface area contributed by atoms with Gasteiger partial charge in [-0.2, -0.15) is 5.10 Å². The number of nitrogens with two attached hydrogens (primary N) is 1. The zero-order chi connectivity index (χ0) is 12.4. The van der Waals surface area contributed by atoms with Gasteiger partial charge < -0.3 is 11.1 Å². The molecule has 0 radical (unpaired) electrons. The summed E-state index contributed by atoms with van der Waals surface area (Å²) in [5.74, 6) is -0.180. The molecular formula is C12H14N4O. The Labute approximate surface area is 99.0 Å². The van der Waals surface area contributed by atoms with Crippen LogP contribution in [0, 0.1) is 13.8 Å². The van der Waals surface area contributed by atoms with E-state index in [9.17, 15) is 4.79 Å². The van der Waals surface area contributed by atoms with Crippen molar-refractivity contribution in [2.75, 3.05) is 11.1 Å². The van der Waals surface area contributed by atoms with E-state index in [1.165, 1.54) is 6.20 Å². The number of aromatic amines is 1. The molecule has 4 N–H and O–H groups in total. The zero-order valence-corrected chi connectivity index (χ0v) is 9.74. The maximum Gasteiger partial charge on any atom is 0.259 e. The molecule has 5 heteroatoms. The molecule has 0 aliphatic rings. The Hall–Kier alpha value is -2.30. The van der Waals surface area contributed by atoms with Crippen LogP contribution in [0.25, 0.3) is 0 Å². The van der Waals surface area contributed by atoms with E-state index in [2.05, 4.69) is 15.5 Å². The number of benzene rings is 1. The number of nitrogens with zero attached hydrogens (tertiary/aromatic N) is 1. The molecule has 0 aliphatic heterocycles. The maximum absolute atomic E-state index is 11.9. The lowest BCUT2D eigenvalue weighted by Crippen LogP contribution is -2.12. The van der Waals surface area contributed by atoms with E-state index in [4.69, 9.17) is 5.73 Å². The van der Waals surface area contributed by atoms with Gasteiger partial charge in [0, 0.05) is 17.1 Å². The molecule has 2 aromatic rings. The van der Waals surface area contributed by atoms with Crippen molar-refractivity contribution in [1.29, 1.82) is 0 Å². The van der Waals surface area contributed by atoms with Gasteiger partial charge in [0.15, 0.2) is 0 Å². The monoisotopic (exact) mass is 230 g/mol. The minimum Gasteiger partial charge on any atom is -0.399 e. The predicted octanol–water partition coefficient (Wildman–Crippen LogP) is 1.86. The Bertz CT molecular complexity index is 559. The van der Waals surface area contributed by atoms with Gasteiger partial charge in [-0.15, -0.1) is 0 Å². The second-order valence-corrected chi connectivity index (χ2v) is 3.93. The highest BCUT2D eigenvalue weighted by atomic mass is 16.1. The van der Waals surface area contributed by atoms with Gasteiger partial charge in [-0.1, -0.05) is 0 Å². The largest absolute Gasteiger partial charge is 0.399 e. The number of carbonyl (C=O) groups excluding carboxylic acids is 1. The molecule has 5 nitrogen and oxygen atoms in total. The Morgan fingerprint density at radius 1 is 1.41 bits per heavy atom. The summed E-state index contributed by atoms with van der Waals surface area (Å²) in [7, 11) is 0. The van der Waals surface area contributed by atoms with E-state index in [-0.39, 0.29) is 5.91 Å². The fourth-order valence-corrected chi connectivity index (χ4v) is 1.53. The van der Waals surface area contributed by atoms with Crippen molar-refractivity contribution >= 4 is 17.3 Å². The van der Waals surface area contributed by atoms with Crippen LogP contribution in [-0.2, 0) is 0 Å². The third kappa shape index (κ3) is 2.28. The smallest absolute Gasteiger partial charge is 0.259 e. The van der Waals surface area contributed by atoms with Crippen LogP contribution in [0.2, 0.25) is 0 Å². The summed E-state index contributed by atoms with van der Waals surface area (Å²) >= 11 is 0. The van der Waals surface area contributed by atoms with Crippen LogP contribution in [0.1, 0.15) is 21.6 Å². The van der Waals surface area contributed by atoms with Gasteiger partial charge in [-0.05, 0) is 37.6 Å². The number of anilines is 2. The van der Waals surface area contributed by atoms with Gasteiger partial charge in [-0.3, -0.25) is 9.89 Å². The molecule has 0 bridgehead atoms. The van der Waals surface area contributed by atoms with Crippen molar-refractivity contribution in [3.05, 3.63) is 41.2 Å². The molecule has 1 aromatic carbocycles. The number of amides is 1. The predicted molar refractivity (Wildman–Crippen MR) is 66.9 cm³/mol. The van der Waals surface area contributed by atoms with Gasteiger partial charge in [0.1, 0.15) is 0 Å². The number of nitrogen functional groups attached to an aromatic ring is 1. The molecule has 0 spiro atoms. The Kier molecular flexibility index (Phi) is 2.82. The molecule has 17 heavy (non-hydrogen) atoms. The van der Waals surface area contributed by atoms with E-state index in [1.807, 2.05) is 13.0 Å². The van der Waals surface area contributed by atoms with Crippen LogP contribution in [-0.4, -0.2) is 16.1 Å². The van der Waals surface area contributed by atoms with Crippen molar-refractivity contribution in [2.45, 2.75) is 13.8 Å². The molecule has 0 atom stereocenters. The molecule has 0 saturated carbocycles. The number of nitrogens with one attached hydrogen (secondary N) is 2. The first-order valence-corrected chi connectivity index (χ1v) is 5.25. The first-order chi connectivity index (χ1) is 8.08. The normalized spacial score (nSPS) is 10.2. The van der Waals surface area contributed by atoms with Crippen molar-refractivity contribution in [1.82, 2.24) is 10.2 Å². The molecule has 1 heterocycles. The summed E-state index contributed by atoms with van der Waals surface area (Å²) in [5, 5.41) is 9.33. The summed E-state index contributed by atoms with van der Waals surface area (Å²) in [5.41, 5.74) is 9.37. The number of hydrogen-bond donors (Lipinski definition) is 3. The third-order valence-electron chi connectivity index (χ3n) is 2.60. The van der Waals surface area contributed by atoms with Gasteiger partial charge >= 0.3 is 0 Å². The Morgan fingerprint density at radius 2 is 2.18 bits per heavy atom. The molecule has 0 aliphatic carbocycles. The van der Waals surface area contributed by atoms with Crippen molar-refractivity contribution in [3.63, 3.8) is 0 Å². The molecular weight excluding hydrogens is 216 g/mol. The number of hydrogen-bond acceptors (Lipinski definition) is 3. The number of H-pyrrole nitrogens is 1. The molecule has 1 amide bonds. The fourth-order valence-electron chi connectivity index (χ4n) is 1.53. The summed E-state index contributed by atoms with van der Waals surface area (Å²) in [6.07, 6.45) is 1.51. The quantitative estimate of drug-likeness (QED) is 0.688. The lowest BCUT2D eigenvalue weighted by Gasteiger charge is -2.06. The second kappa shape index (κ2) is 4.29. The van der Waals surface area contributed by atoms with E-state index in [1.54, 1.807) is 19.1 Å². The SMILES string of the molecule is Cc1cc(NC(=O)c2cn[nH]c2C)ccc1N. The highest BCUT2D eigenvalue weighted by Gasteiger charge is 2.10. The first kappa shape index (κ1) is 11.2. The summed E-state index contributed by atoms with van der Waals surface area (Å²) in [4.78, 5) is 11.9. The van der Waals surface area contributed by atoms with Gasteiger partial charge in [0.25, 0.3) is 5.91 Å². The van der Waals surface area contributed by atoms with E-state index >= 15 is 0 Å². The van der Waals surface area contributed by atoms with Gasteiger partial charge in [-0.25, -0.2) is 0 Å². The number of rotatable bonds is 2. The summed E-state index contributed by atoms with van der Waals surface area (Å²) in [6.45, 7) is 3.70. The van der Waals surface area contributed by atoms with Crippen molar-refractivity contribution < 1.29 is 4.79 Å². The average Bonchev–Trinajstić information content (AvgIpc) is 2.70. The van der Waals surface area contributed by atoms with Crippen molar-refractivity contribution in [2.24, 2.45) is 0 Å². The van der Waals surface area contributed by atoms with E-state index in [0.717, 1.165) is 16.9 Å². The van der Waals surface area contributed by atoms with Gasteiger partial charge in [0.05, 0.1) is 11.8 Å². The number of aromatic nitrogens is 2. The zero-order valence-electron chi connectivity index (χ0n) is 9.74. The Morgan fingerprint density at radius 3 is 2.76 bits per heavy atom. The highest BCUT2D eigenvalue weighted by Crippen LogP contribution is 2.17. The molecule has 88 valence electrons. The molecule has 1 aromatic heterocycles. The van der Waals surface area contributed by atoms with Gasteiger partial charge in [0.2, 0.25) is 0 Å². The first-order valence-electron chi connectivity index (χ1n) is 5.25. The van der Waals surface area contributed by atoms with Crippen LogP contribution in [0.4, 0.5) is 11.4 Å². The fraction of sp³-hybridized carbons (Fsp3) is 0.167. The van der Waals surface area contributed by atoms with Crippen LogP contribution >= 0.6 is 0 Å². The second-order valence-electron chi connectivity index (χ2n) is 3.93. The summed E-state index contributed by atoms with van der Waals surface area (Å²) < 4.78 is 0. The van der Waals surface area contributed by atoms with Crippen LogP contribution in [0.3, 0.4) is 0 Å². The van der Waals surface area contributed by atoms with Crippen LogP contribution < -0.4 is 11.1 Å². The maximum atomic E-state index is 11.9. The highest BCUT2D eigenvalue weighted by molar-refractivity contribution is 6.04. The number of aryl methyl sites for hydroxylation is 2. The van der Waals surface area contributed by atoms with E-state index < -0.39 is 0 Å². The third-order valence-corrected chi connectivity index (χ3v) is 2.60. The minimum absolute atomic E-state index is 0.180. The average molecular weight is 230 g/mol. The summed E-state index contributed by atoms with van der Waals surface area (Å²) in [6, 6.07) is 5.38. The topological polar surface area (TPSA) is 83.8 Å². The molecule has 0 saturated heterocycles. The lowest BCUT2D eigenvalue weighted by molar-refractivity contribution is 0.102. The van der Waals surface area contributed by atoms with Crippen LogP contribution in [0.5, 0.6) is 0 Å². The standard InChI is InChI=1S/C12H14N4O/c1-7-5-9(3-4-11(7)13)15-12(17)10-6-14-16-8(10)2/h3-6H,13H2,1-2H3,(H,14,16)(H,15,17). The van der Waals surface area contributed by atoms with Crippen molar-refractivity contribution in [3.8, 4) is 0 Å².